The third-order valence-electron chi connectivity index (χ3n) is 3.15. The van der Waals surface area contributed by atoms with Gasteiger partial charge in [0.25, 0.3) is 0 Å². The van der Waals surface area contributed by atoms with Crippen molar-refractivity contribution in [1.82, 2.24) is 4.90 Å². The molecule has 0 bridgehead atoms. The molecule has 0 radical (unpaired) electrons. The van der Waals surface area contributed by atoms with Crippen molar-refractivity contribution < 1.29 is 5.11 Å². The molecule has 0 aliphatic carbocycles. The minimum atomic E-state index is -0.142. The van der Waals surface area contributed by atoms with Crippen LogP contribution in [0, 0.1) is 0 Å². The molecule has 1 aromatic carbocycles. The Hall–Kier alpha value is -0.900. The van der Waals surface area contributed by atoms with Crippen LogP contribution in [-0.4, -0.2) is 29.2 Å². The standard InChI is InChI=1S/C13H20N2O/c14-8-11-3-5-12(6-4-11)9-15-7-1-2-13(16)10-15/h3-6,13,16H,1-2,7-10,14H2/t13-/m0/s1. The predicted octanol–water partition coefficient (Wildman–Crippen LogP) is 1.10. The second-order valence-corrected chi connectivity index (χ2v) is 4.55. The summed E-state index contributed by atoms with van der Waals surface area (Å²) in [6, 6.07) is 8.41. The molecule has 0 saturated carbocycles. The van der Waals surface area contributed by atoms with Gasteiger partial charge in [-0.2, -0.15) is 0 Å². The van der Waals surface area contributed by atoms with E-state index in [1.54, 1.807) is 0 Å². The van der Waals surface area contributed by atoms with Crippen LogP contribution in [0.3, 0.4) is 0 Å². The Morgan fingerprint density at radius 2 is 1.94 bits per heavy atom. The number of aliphatic hydroxyl groups is 1. The van der Waals surface area contributed by atoms with E-state index in [2.05, 4.69) is 29.2 Å². The summed E-state index contributed by atoms with van der Waals surface area (Å²) in [4.78, 5) is 2.31. The van der Waals surface area contributed by atoms with Crippen molar-refractivity contribution in [2.75, 3.05) is 13.1 Å². The van der Waals surface area contributed by atoms with Gasteiger partial charge in [0.15, 0.2) is 0 Å². The van der Waals surface area contributed by atoms with Gasteiger partial charge in [-0.05, 0) is 30.5 Å². The summed E-state index contributed by atoms with van der Waals surface area (Å²) >= 11 is 0. The normalized spacial score (nSPS) is 22.2. The SMILES string of the molecule is NCc1ccc(CN2CCC[C@H](O)C2)cc1. The summed E-state index contributed by atoms with van der Waals surface area (Å²) in [7, 11) is 0. The lowest BCUT2D eigenvalue weighted by Crippen LogP contribution is -2.37. The first-order valence-electron chi connectivity index (χ1n) is 5.96. The highest BCUT2D eigenvalue weighted by Gasteiger charge is 2.17. The average molecular weight is 220 g/mol. The Morgan fingerprint density at radius 1 is 1.25 bits per heavy atom. The van der Waals surface area contributed by atoms with Crippen LogP contribution in [0.5, 0.6) is 0 Å². The van der Waals surface area contributed by atoms with Gasteiger partial charge in [0.1, 0.15) is 0 Å². The van der Waals surface area contributed by atoms with E-state index in [9.17, 15) is 5.11 Å². The van der Waals surface area contributed by atoms with Crippen LogP contribution in [0.1, 0.15) is 24.0 Å². The number of benzene rings is 1. The molecule has 88 valence electrons. The van der Waals surface area contributed by atoms with Gasteiger partial charge in [-0.3, -0.25) is 4.90 Å². The molecule has 1 fully saturated rings. The van der Waals surface area contributed by atoms with Crippen molar-refractivity contribution in [1.29, 1.82) is 0 Å². The van der Waals surface area contributed by atoms with E-state index in [0.717, 1.165) is 32.5 Å². The van der Waals surface area contributed by atoms with E-state index in [0.29, 0.717) is 6.54 Å². The molecular formula is C13H20N2O. The highest BCUT2D eigenvalue weighted by Crippen LogP contribution is 2.14. The molecule has 1 aromatic rings. The van der Waals surface area contributed by atoms with E-state index < -0.39 is 0 Å². The van der Waals surface area contributed by atoms with Gasteiger partial charge in [0.2, 0.25) is 0 Å². The molecule has 0 aromatic heterocycles. The van der Waals surface area contributed by atoms with E-state index in [4.69, 9.17) is 5.73 Å². The zero-order chi connectivity index (χ0) is 11.4. The first-order valence-corrected chi connectivity index (χ1v) is 5.96. The summed E-state index contributed by atoms with van der Waals surface area (Å²) in [6.07, 6.45) is 1.90. The summed E-state index contributed by atoms with van der Waals surface area (Å²) in [5.41, 5.74) is 8.03. The summed E-state index contributed by atoms with van der Waals surface area (Å²) in [5.74, 6) is 0. The summed E-state index contributed by atoms with van der Waals surface area (Å²) in [6.45, 7) is 3.43. The number of nitrogens with two attached hydrogens (primary N) is 1. The van der Waals surface area contributed by atoms with Crippen LogP contribution < -0.4 is 5.73 Å². The lowest BCUT2D eigenvalue weighted by atomic mass is 10.1. The van der Waals surface area contributed by atoms with Crippen molar-refractivity contribution in [3.63, 3.8) is 0 Å². The zero-order valence-corrected chi connectivity index (χ0v) is 9.60. The van der Waals surface area contributed by atoms with Crippen molar-refractivity contribution in [2.45, 2.75) is 32.0 Å². The lowest BCUT2D eigenvalue weighted by Gasteiger charge is -2.29. The van der Waals surface area contributed by atoms with Crippen LogP contribution in [0.4, 0.5) is 0 Å². The minimum absolute atomic E-state index is 0.142. The maximum Gasteiger partial charge on any atom is 0.0667 e. The van der Waals surface area contributed by atoms with Crippen LogP contribution in [0.15, 0.2) is 24.3 Å². The smallest absolute Gasteiger partial charge is 0.0667 e. The molecule has 1 heterocycles. The maximum atomic E-state index is 9.58. The minimum Gasteiger partial charge on any atom is -0.392 e. The van der Waals surface area contributed by atoms with E-state index in [-0.39, 0.29) is 6.10 Å². The molecule has 0 amide bonds. The van der Waals surface area contributed by atoms with Crippen molar-refractivity contribution in [3.8, 4) is 0 Å². The van der Waals surface area contributed by atoms with E-state index in [1.807, 2.05) is 0 Å². The molecular weight excluding hydrogens is 200 g/mol. The average Bonchev–Trinajstić information content (AvgIpc) is 2.30. The molecule has 3 N–H and O–H groups in total. The molecule has 0 spiro atoms. The molecule has 1 aliphatic heterocycles. The number of rotatable bonds is 3. The predicted molar refractivity (Wildman–Crippen MR) is 64.9 cm³/mol. The van der Waals surface area contributed by atoms with E-state index >= 15 is 0 Å². The Morgan fingerprint density at radius 3 is 2.56 bits per heavy atom. The van der Waals surface area contributed by atoms with Gasteiger partial charge >= 0.3 is 0 Å². The van der Waals surface area contributed by atoms with Gasteiger partial charge in [0.05, 0.1) is 6.10 Å². The number of hydrogen-bond acceptors (Lipinski definition) is 3. The second kappa shape index (κ2) is 5.43. The Labute approximate surface area is 96.9 Å². The van der Waals surface area contributed by atoms with Crippen LogP contribution in [0.25, 0.3) is 0 Å². The largest absolute Gasteiger partial charge is 0.392 e. The van der Waals surface area contributed by atoms with Gasteiger partial charge in [-0.15, -0.1) is 0 Å². The fourth-order valence-corrected chi connectivity index (χ4v) is 2.21. The molecule has 3 nitrogen and oxygen atoms in total. The summed E-state index contributed by atoms with van der Waals surface area (Å²) < 4.78 is 0. The number of aliphatic hydroxyl groups excluding tert-OH is 1. The first kappa shape index (κ1) is 11.6. The molecule has 0 unspecified atom stereocenters. The number of β-amino-alcohol motifs (C(OH)–C–C–N with tert-alkyl or cyclic N) is 1. The van der Waals surface area contributed by atoms with Crippen LogP contribution in [0.2, 0.25) is 0 Å². The lowest BCUT2D eigenvalue weighted by molar-refractivity contribution is 0.0668. The van der Waals surface area contributed by atoms with Crippen molar-refractivity contribution in [2.24, 2.45) is 5.73 Å². The van der Waals surface area contributed by atoms with E-state index in [1.165, 1.54) is 11.1 Å². The quantitative estimate of drug-likeness (QED) is 0.802. The number of likely N-dealkylation sites (tertiary alicyclic amines) is 1. The highest BCUT2D eigenvalue weighted by atomic mass is 16.3. The maximum absolute atomic E-state index is 9.58. The molecule has 3 heteroatoms. The summed E-state index contributed by atoms with van der Waals surface area (Å²) in [5, 5.41) is 9.58. The van der Waals surface area contributed by atoms with Crippen molar-refractivity contribution in [3.05, 3.63) is 35.4 Å². The Bertz CT molecular complexity index is 323. The number of nitrogens with zero attached hydrogens (tertiary/aromatic N) is 1. The fourth-order valence-electron chi connectivity index (χ4n) is 2.21. The monoisotopic (exact) mass is 220 g/mol. The zero-order valence-electron chi connectivity index (χ0n) is 9.60. The van der Waals surface area contributed by atoms with Crippen LogP contribution >= 0.6 is 0 Å². The molecule has 1 atom stereocenters. The van der Waals surface area contributed by atoms with Gasteiger partial charge in [-0.1, -0.05) is 24.3 Å². The van der Waals surface area contributed by atoms with Gasteiger partial charge < -0.3 is 10.8 Å². The molecule has 16 heavy (non-hydrogen) atoms. The van der Waals surface area contributed by atoms with Crippen LogP contribution in [-0.2, 0) is 13.1 Å². The highest BCUT2D eigenvalue weighted by molar-refractivity contribution is 5.22. The van der Waals surface area contributed by atoms with Gasteiger partial charge in [0, 0.05) is 19.6 Å². The van der Waals surface area contributed by atoms with Crippen molar-refractivity contribution >= 4 is 0 Å². The molecule has 2 rings (SSSR count). The number of piperidine rings is 1. The molecule has 1 aliphatic rings. The number of hydrogen-bond donors (Lipinski definition) is 2. The van der Waals surface area contributed by atoms with Gasteiger partial charge in [-0.25, -0.2) is 0 Å². The third-order valence-corrected chi connectivity index (χ3v) is 3.15. The Kier molecular flexibility index (Phi) is 3.93. The topological polar surface area (TPSA) is 49.5 Å². The first-order chi connectivity index (χ1) is 7.78. The fraction of sp³-hybridized carbons (Fsp3) is 0.538. The Balaban J connectivity index is 1.92. The third kappa shape index (κ3) is 3.04. The molecule has 1 saturated heterocycles. The second-order valence-electron chi connectivity index (χ2n) is 4.55.